The second-order valence-corrected chi connectivity index (χ2v) is 9.06. The van der Waals surface area contributed by atoms with Gasteiger partial charge in [-0.15, -0.1) is 0 Å². The molecular formula is C28H34N4O4. The number of amides is 1. The van der Waals surface area contributed by atoms with Crippen molar-refractivity contribution >= 4 is 11.6 Å². The number of para-hydroxylation sites is 3. The van der Waals surface area contributed by atoms with E-state index in [0.717, 1.165) is 37.6 Å². The molecule has 0 bridgehead atoms. The molecule has 0 aliphatic carbocycles. The molecule has 2 N–H and O–H groups in total. The summed E-state index contributed by atoms with van der Waals surface area (Å²) < 4.78 is 11.8. The summed E-state index contributed by atoms with van der Waals surface area (Å²) in [6.07, 6.45) is 1.01. The van der Waals surface area contributed by atoms with Crippen LogP contribution in [0.5, 0.6) is 17.4 Å². The minimum Gasteiger partial charge on any atom is -0.489 e. The van der Waals surface area contributed by atoms with E-state index in [1.807, 2.05) is 50.2 Å². The largest absolute Gasteiger partial charge is 0.489 e. The number of aromatic nitrogens is 1. The number of hydrogen-bond donors (Lipinski definition) is 2. The predicted molar refractivity (Wildman–Crippen MR) is 140 cm³/mol. The van der Waals surface area contributed by atoms with Crippen LogP contribution in [0.3, 0.4) is 0 Å². The summed E-state index contributed by atoms with van der Waals surface area (Å²) >= 11 is 0. The van der Waals surface area contributed by atoms with Crippen molar-refractivity contribution in [1.29, 1.82) is 0 Å². The van der Waals surface area contributed by atoms with Crippen LogP contribution in [-0.2, 0) is 0 Å². The van der Waals surface area contributed by atoms with Crippen molar-refractivity contribution in [2.45, 2.75) is 26.1 Å². The molecule has 0 unspecified atom stereocenters. The van der Waals surface area contributed by atoms with Crippen LogP contribution in [0.1, 0.15) is 24.2 Å². The van der Waals surface area contributed by atoms with Crippen LogP contribution >= 0.6 is 0 Å². The first-order chi connectivity index (χ1) is 17.5. The lowest BCUT2D eigenvalue weighted by Crippen LogP contribution is -2.50. The number of rotatable bonds is 10. The minimum atomic E-state index is -0.688. The van der Waals surface area contributed by atoms with Crippen LogP contribution in [0.4, 0.5) is 5.69 Å². The molecule has 1 aromatic heterocycles. The number of benzene rings is 2. The average molecular weight is 491 g/mol. The van der Waals surface area contributed by atoms with Gasteiger partial charge >= 0.3 is 0 Å². The zero-order chi connectivity index (χ0) is 25.3. The van der Waals surface area contributed by atoms with E-state index in [-0.39, 0.29) is 24.4 Å². The third-order valence-electron chi connectivity index (χ3n) is 5.88. The Morgan fingerprint density at radius 1 is 1.00 bits per heavy atom. The lowest BCUT2D eigenvalue weighted by atomic mass is 10.2. The molecule has 8 nitrogen and oxygen atoms in total. The summed E-state index contributed by atoms with van der Waals surface area (Å²) in [7, 11) is 0. The molecule has 3 aromatic rings. The van der Waals surface area contributed by atoms with Crippen molar-refractivity contribution in [2.24, 2.45) is 0 Å². The number of carbonyl (C=O) groups excluding carboxylic acids is 1. The molecule has 1 amide bonds. The van der Waals surface area contributed by atoms with E-state index in [0.29, 0.717) is 17.9 Å². The normalized spacial score (nSPS) is 14.9. The van der Waals surface area contributed by atoms with Gasteiger partial charge < -0.3 is 24.8 Å². The number of pyridine rings is 1. The van der Waals surface area contributed by atoms with E-state index in [1.165, 1.54) is 0 Å². The van der Waals surface area contributed by atoms with Crippen molar-refractivity contribution < 1.29 is 19.4 Å². The van der Waals surface area contributed by atoms with E-state index in [9.17, 15) is 9.90 Å². The first-order valence-corrected chi connectivity index (χ1v) is 12.4. The van der Waals surface area contributed by atoms with Gasteiger partial charge in [-0.05, 0) is 50.2 Å². The van der Waals surface area contributed by atoms with Gasteiger partial charge in [0.15, 0.2) is 0 Å². The van der Waals surface area contributed by atoms with E-state index in [2.05, 4.69) is 26.2 Å². The maximum Gasteiger partial charge on any atom is 0.256 e. The molecule has 0 radical (unpaired) electrons. The van der Waals surface area contributed by atoms with Crippen molar-refractivity contribution in [3.63, 3.8) is 0 Å². The molecule has 2 heterocycles. The lowest BCUT2D eigenvalue weighted by Gasteiger charge is -2.37. The zero-order valence-corrected chi connectivity index (χ0v) is 20.8. The summed E-state index contributed by atoms with van der Waals surface area (Å²) in [5.41, 5.74) is 1.42. The molecule has 4 rings (SSSR count). The Bertz CT molecular complexity index is 1120. The number of aliphatic hydroxyl groups is 1. The molecule has 190 valence electrons. The van der Waals surface area contributed by atoms with E-state index in [1.54, 1.807) is 30.5 Å². The van der Waals surface area contributed by atoms with Gasteiger partial charge in [0.05, 0.1) is 17.9 Å². The molecular weight excluding hydrogens is 456 g/mol. The van der Waals surface area contributed by atoms with Gasteiger partial charge in [0.2, 0.25) is 5.88 Å². The molecule has 1 atom stereocenters. The predicted octanol–water partition coefficient (Wildman–Crippen LogP) is 3.57. The van der Waals surface area contributed by atoms with Crippen LogP contribution in [0.25, 0.3) is 0 Å². The molecule has 1 fully saturated rings. The van der Waals surface area contributed by atoms with Gasteiger partial charge in [0.1, 0.15) is 17.1 Å². The maximum absolute atomic E-state index is 12.8. The number of hydrogen-bond acceptors (Lipinski definition) is 7. The SMILES string of the molecule is CC(C)Oc1ccccc1N1CCN(C[C@@H](O)CNC(=O)c2cccnc2Oc2ccccc2)CC1. The molecule has 1 aliphatic heterocycles. The Morgan fingerprint density at radius 3 is 2.47 bits per heavy atom. The van der Waals surface area contributed by atoms with E-state index < -0.39 is 6.10 Å². The number of anilines is 1. The molecule has 36 heavy (non-hydrogen) atoms. The Labute approximate surface area is 212 Å². The van der Waals surface area contributed by atoms with Crippen molar-refractivity contribution in [2.75, 3.05) is 44.2 Å². The number of carbonyl (C=O) groups is 1. The molecule has 0 spiro atoms. The Hall–Kier alpha value is -3.62. The van der Waals surface area contributed by atoms with Gasteiger partial charge in [0, 0.05) is 45.5 Å². The average Bonchev–Trinajstić information content (AvgIpc) is 2.89. The summed E-state index contributed by atoms with van der Waals surface area (Å²) in [6, 6.07) is 20.7. The monoisotopic (exact) mass is 490 g/mol. The highest BCUT2D eigenvalue weighted by atomic mass is 16.5. The summed E-state index contributed by atoms with van der Waals surface area (Å²) in [4.78, 5) is 21.5. The van der Waals surface area contributed by atoms with Crippen LogP contribution in [0.15, 0.2) is 72.9 Å². The summed E-state index contributed by atoms with van der Waals surface area (Å²) in [6.45, 7) is 8.00. The summed E-state index contributed by atoms with van der Waals surface area (Å²) in [5, 5.41) is 13.4. The van der Waals surface area contributed by atoms with Crippen LogP contribution in [0.2, 0.25) is 0 Å². The van der Waals surface area contributed by atoms with Crippen LogP contribution in [0, 0.1) is 0 Å². The van der Waals surface area contributed by atoms with E-state index >= 15 is 0 Å². The van der Waals surface area contributed by atoms with E-state index in [4.69, 9.17) is 9.47 Å². The molecule has 2 aromatic carbocycles. The fraction of sp³-hybridized carbons (Fsp3) is 0.357. The number of nitrogens with zero attached hydrogens (tertiary/aromatic N) is 3. The number of aliphatic hydroxyl groups excluding tert-OH is 1. The van der Waals surface area contributed by atoms with Crippen LogP contribution < -0.4 is 19.7 Å². The smallest absolute Gasteiger partial charge is 0.256 e. The molecule has 1 aliphatic rings. The van der Waals surface area contributed by atoms with Gasteiger partial charge in [-0.25, -0.2) is 4.98 Å². The van der Waals surface area contributed by atoms with Crippen molar-refractivity contribution in [1.82, 2.24) is 15.2 Å². The van der Waals surface area contributed by atoms with Crippen molar-refractivity contribution in [3.05, 3.63) is 78.5 Å². The second-order valence-electron chi connectivity index (χ2n) is 9.06. The summed E-state index contributed by atoms with van der Waals surface area (Å²) in [5.74, 6) is 1.39. The van der Waals surface area contributed by atoms with Gasteiger partial charge in [-0.2, -0.15) is 0 Å². The lowest BCUT2D eigenvalue weighted by molar-refractivity contribution is 0.0849. The number of piperazine rings is 1. The fourth-order valence-electron chi connectivity index (χ4n) is 4.16. The number of ether oxygens (including phenoxy) is 2. The van der Waals surface area contributed by atoms with Crippen LogP contribution in [-0.4, -0.2) is 72.4 Å². The first-order valence-electron chi connectivity index (χ1n) is 12.4. The number of β-amino-alcohol motifs (C(OH)–C–C–N with tert-alkyl or cyclic N) is 1. The van der Waals surface area contributed by atoms with Gasteiger partial charge in [-0.3, -0.25) is 9.69 Å². The zero-order valence-electron chi connectivity index (χ0n) is 20.8. The molecule has 0 saturated carbocycles. The second kappa shape index (κ2) is 12.4. The Kier molecular flexibility index (Phi) is 8.76. The van der Waals surface area contributed by atoms with Crippen molar-refractivity contribution in [3.8, 4) is 17.4 Å². The first kappa shape index (κ1) is 25.5. The molecule has 8 heteroatoms. The third kappa shape index (κ3) is 6.96. The Morgan fingerprint density at radius 2 is 1.72 bits per heavy atom. The fourth-order valence-corrected chi connectivity index (χ4v) is 4.16. The Balaban J connectivity index is 1.26. The highest BCUT2D eigenvalue weighted by Gasteiger charge is 2.22. The topological polar surface area (TPSA) is 87.2 Å². The number of nitrogens with one attached hydrogen (secondary N) is 1. The standard InChI is InChI=1S/C28H34N4O4/c1-21(2)35-26-13-7-6-12-25(26)32-17-15-31(16-18-32)20-22(33)19-30-27(34)24-11-8-14-29-28(24)36-23-9-4-3-5-10-23/h3-14,21-22,33H,15-20H2,1-2H3,(H,30,34)/t22-/m0/s1. The molecule has 1 saturated heterocycles. The highest BCUT2D eigenvalue weighted by Crippen LogP contribution is 2.29. The quantitative estimate of drug-likeness (QED) is 0.449. The van der Waals surface area contributed by atoms with Gasteiger partial charge in [0.25, 0.3) is 5.91 Å². The maximum atomic E-state index is 12.8. The minimum absolute atomic E-state index is 0.116. The van der Waals surface area contributed by atoms with Gasteiger partial charge in [-0.1, -0.05) is 30.3 Å². The highest BCUT2D eigenvalue weighted by molar-refractivity contribution is 5.96. The third-order valence-corrected chi connectivity index (χ3v) is 5.88.